The van der Waals surface area contributed by atoms with Crippen LogP contribution in [0.3, 0.4) is 0 Å². The van der Waals surface area contributed by atoms with Crippen LogP contribution in [0.4, 0.5) is 0 Å². The molecule has 28 heavy (non-hydrogen) atoms. The van der Waals surface area contributed by atoms with Gasteiger partial charge in [0.2, 0.25) is 0 Å². The standard InChI is InChI=1S/C22H24N2O3S/c1-25-18-9-4-2-7-16(18)21(19-15-26-13-14-27-19)28-20-10-5-3-8-17(20)22-23-11-6-12-24-22/h3-5,8-10,13-15,21H,2,6-7,11-12H2,1H3,(H,23,24). The first-order valence-electron chi connectivity index (χ1n) is 9.52. The van der Waals surface area contributed by atoms with Crippen molar-refractivity contribution in [2.75, 3.05) is 20.2 Å². The van der Waals surface area contributed by atoms with Crippen LogP contribution >= 0.6 is 11.8 Å². The molecule has 0 spiro atoms. The van der Waals surface area contributed by atoms with E-state index in [1.807, 2.05) is 6.08 Å². The Kier molecular flexibility index (Phi) is 6.07. The maximum atomic E-state index is 5.82. The number of hydrogen-bond donors (Lipinski definition) is 1. The minimum Gasteiger partial charge on any atom is -0.497 e. The summed E-state index contributed by atoms with van der Waals surface area (Å²) in [6, 6.07) is 8.37. The number of nitrogens with zero attached hydrogens (tertiary/aromatic N) is 1. The van der Waals surface area contributed by atoms with E-state index in [4.69, 9.17) is 14.2 Å². The molecule has 0 saturated carbocycles. The van der Waals surface area contributed by atoms with Gasteiger partial charge in [-0.1, -0.05) is 24.3 Å². The molecule has 1 atom stereocenters. The van der Waals surface area contributed by atoms with Crippen molar-refractivity contribution in [1.82, 2.24) is 5.32 Å². The highest BCUT2D eigenvalue weighted by molar-refractivity contribution is 8.00. The van der Waals surface area contributed by atoms with Crippen molar-refractivity contribution < 1.29 is 14.2 Å². The molecule has 0 radical (unpaired) electrons. The van der Waals surface area contributed by atoms with Crippen LogP contribution in [-0.2, 0) is 14.2 Å². The van der Waals surface area contributed by atoms with E-state index in [9.17, 15) is 0 Å². The molecule has 1 aromatic rings. The Labute approximate surface area is 169 Å². The third-order valence-corrected chi connectivity index (χ3v) is 6.13. The summed E-state index contributed by atoms with van der Waals surface area (Å²) in [5.74, 6) is 2.63. The summed E-state index contributed by atoms with van der Waals surface area (Å²) in [4.78, 5) is 5.84. The van der Waals surface area contributed by atoms with Crippen molar-refractivity contribution in [1.29, 1.82) is 0 Å². The molecule has 6 heteroatoms. The number of aliphatic imine (C=N–C) groups is 1. The topological polar surface area (TPSA) is 52.1 Å². The van der Waals surface area contributed by atoms with Gasteiger partial charge in [0.25, 0.3) is 0 Å². The van der Waals surface area contributed by atoms with Crippen molar-refractivity contribution in [3.8, 4) is 0 Å². The van der Waals surface area contributed by atoms with Gasteiger partial charge in [-0.2, -0.15) is 0 Å². The van der Waals surface area contributed by atoms with Crippen molar-refractivity contribution in [3.63, 3.8) is 0 Å². The maximum absolute atomic E-state index is 5.82. The van der Waals surface area contributed by atoms with E-state index in [2.05, 4.69) is 40.7 Å². The van der Waals surface area contributed by atoms with Gasteiger partial charge >= 0.3 is 0 Å². The molecule has 1 N–H and O–H groups in total. The Hall–Kier alpha value is -2.60. The number of hydrogen-bond acceptors (Lipinski definition) is 6. The predicted molar refractivity (Wildman–Crippen MR) is 112 cm³/mol. The first kappa shape index (κ1) is 18.7. The number of nitrogens with one attached hydrogen (secondary N) is 1. The average molecular weight is 397 g/mol. The van der Waals surface area contributed by atoms with Crippen LogP contribution in [0.25, 0.3) is 0 Å². The van der Waals surface area contributed by atoms with Crippen LogP contribution in [0.2, 0.25) is 0 Å². The van der Waals surface area contributed by atoms with Gasteiger partial charge < -0.3 is 19.5 Å². The Morgan fingerprint density at radius 3 is 2.96 bits per heavy atom. The largest absolute Gasteiger partial charge is 0.497 e. The SMILES string of the molecule is COC1=C(C(Sc2ccccc2C2=NCCCN2)C2=COC=CO2)CCC=C1. The summed E-state index contributed by atoms with van der Waals surface area (Å²) in [5, 5.41) is 3.39. The smallest absolute Gasteiger partial charge is 0.156 e. The molecular weight excluding hydrogens is 372 g/mol. The fourth-order valence-corrected chi connectivity index (χ4v) is 4.73. The number of amidine groups is 1. The maximum Gasteiger partial charge on any atom is 0.156 e. The molecule has 0 fully saturated rings. The highest BCUT2D eigenvalue weighted by atomic mass is 32.2. The number of allylic oxidation sites excluding steroid dienone is 2. The molecule has 1 unspecified atom stereocenters. The van der Waals surface area contributed by atoms with Crippen molar-refractivity contribution in [2.45, 2.75) is 29.4 Å². The molecule has 146 valence electrons. The number of thioether (sulfide) groups is 1. The molecule has 1 aliphatic carbocycles. The van der Waals surface area contributed by atoms with Crippen molar-refractivity contribution in [3.05, 3.63) is 77.9 Å². The van der Waals surface area contributed by atoms with Gasteiger partial charge in [0, 0.05) is 23.5 Å². The number of rotatable bonds is 6. The summed E-state index contributed by atoms with van der Waals surface area (Å²) in [7, 11) is 1.72. The van der Waals surface area contributed by atoms with Crippen LogP contribution in [0.5, 0.6) is 0 Å². The summed E-state index contributed by atoms with van der Waals surface area (Å²) >= 11 is 1.74. The van der Waals surface area contributed by atoms with Gasteiger partial charge in [-0.15, -0.1) is 11.8 Å². The number of benzene rings is 1. The molecule has 0 aromatic heterocycles. The molecule has 5 nitrogen and oxygen atoms in total. The van der Waals surface area contributed by atoms with Gasteiger partial charge in [-0.05, 0) is 37.0 Å². The van der Waals surface area contributed by atoms with Crippen molar-refractivity contribution >= 4 is 17.6 Å². The second kappa shape index (κ2) is 9.06. The Morgan fingerprint density at radius 1 is 1.25 bits per heavy atom. The van der Waals surface area contributed by atoms with Crippen LogP contribution in [0, 0.1) is 0 Å². The fourth-order valence-electron chi connectivity index (χ4n) is 3.42. The molecule has 0 saturated heterocycles. The van der Waals surface area contributed by atoms with Crippen LogP contribution in [0.1, 0.15) is 24.8 Å². The monoisotopic (exact) mass is 396 g/mol. The highest BCUT2D eigenvalue weighted by Gasteiger charge is 2.28. The zero-order valence-corrected chi connectivity index (χ0v) is 16.7. The summed E-state index contributed by atoms with van der Waals surface area (Å²) in [5.41, 5.74) is 2.32. The molecular formula is C22H24N2O3S. The number of ether oxygens (including phenoxy) is 3. The summed E-state index contributed by atoms with van der Waals surface area (Å²) in [6.45, 7) is 1.82. The lowest BCUT2D eigenvalue weighted by atomic mass is 9.99. The third kappa shape index (κ3) is 4.12. The lowest BCUT2D eigenvalue weighted by Crippen LogP contribution is -2.30. The van der Waals surface area contributed by atoms with E-state index < -0.39 is 0 Å². The van der Waals surface area contributed by atoms with E-state index in [1.165, 1.54) is 11.8 Å². The summed E-state index contributed by atoms with van der Waals surface area (Å²) < 4.78 is 16.9. The lowest BCUT2D eigenvalue weighted by Gasteiger charge is -2.27. The molecule has 2 aliphatic heterocycles. The summed E-state index contributed by atoms with van der Waals surface area (Å²) in [6.07, 6.45) is 12.0. The molecule has 3 aliphatic rings. The van der Waals surface area contributed by atoms with Crippen molar-refractivity contribution in [2.24, 2.45) is 4.99 Å². The Bertz CT molecular complexity index is 870. The molecule has 2 heterocycles. The molecule has 4 rings (SSSR count). The van der Waals surface area contributed by atoms with E-state index in [0.717, 1.165) is 60.2 Å². The second-order valence-corrected chi connectivity index (χ2v) is 7.73. The normalized spacial score (nSPS) is 19.8. The van der Waals surface area contributed by atoms with E-state index in [1.54, 1.807) is 31.4 Å². The lowest BCUT2D eigenvalue weighted by molar-refractivity contribution is 0.249. The quantitative estimate of drug-likeness (QED) is 0.718. The van der Waals surface area contributed by atoms with E-state index in [-0.39, 0.29) is 5.25 Å². The molecule has 0 bridgehead atoms. The zero-order valence-electron chi connectivity index (χ0n) is 15.9. The predicted octanol–water partition coefficient (Wildman–Crippen LogP) is 4.50. The highest BCUT2D eigenvalue weighted by Crippen LogP contribution is 2.40. The van der Waals surface area contributed by atoms with Crippen LogP contribution < -0.4 is 5.32 Å². The molecule has 1 aromatic carbocycles. The first-order valence-corrected chi connectivity index (χ1v) is 10.4. The minimum absolute atomic E-state index is 0.0461. The molecule has 0 amide bonds. The van der Waals surface area contributed by atoms with Crippen LogP contribution in [-0.4, -0.2) is 31.3 Å². The average Bonchev–Trinajstić information content (AvgIpc) is 2.79. The first-order chi connectivity index (χ1) is 13.9. The Balaban J connectivity index is 1.71. The fraction of sp³-hybridized carbons (Fsp3) is 0.318. The van der Waals surface area contributed by atoms with Gasteiger partial charge in [-0.25, -0.2) is 0 Å². The third-order valence-electron chi connectivity index (χ3n) is 4.77. The van der Waals surface area contributed by atoms with Gasteiger partial charge in [0.1, 0.15) is 30.4 Å². The Morgan fingerprint density at radius 2 is 2.18 bits per heavy atom. The second-order valence-electron chi connectivity index (χ2n) is 6.59. The van der Waals surface area contributed by atoms with E-state index in [0.29, 0.717) is 0 Å². The number of methoxy groups -OCH3 is 1. The zero-order chi connectivity index (χ0) is 19.2. The van der Waals surface area contributed by atoms with Gasteiger partial charge in [0.15, 0.2) is 5.76 Å². The minimum atomic E-state index is -0.0461. The van der Waals surface area contributed by atoms with Crippen LogP contribution in [0.15, 0.2) is 82.2 Å². The van der Waals surface area contributed by atoms with Gasteiger partial charge in [0.05, 0.1) is 12.4 Å². The van der Waals surface area contributed by atoms with E-state index >= 15 is 0 Å². The van der Waals surface area contributed by atoms with Gasteiger partial charge in [-0.3, -0.25) is 4.99 Å².